The number of nitrogens with one attached hydrogen (secondary N) is 1. The van der Waals surface area contributed by atoms with Crippen LogP contribution < -0.4 is 15.8 Å². The monoisotopic (exact) mass is 389 g/mol. The first-order valence-electron chi connectivity index (χ1n) is 10.4. The van der Waals surface area contributed by atoms with Gasteiger partial charge in [0.05, 0.1) is 29.5 Å². The van der Waals surface area contributed by atoms with Crippen LogP contribution >= 0.6 is 0 Å². The molecule has 4 rings (SSSR count). The van der Waals surface area contributed by atoms with Crippen molar-refractivity contribution in [1.29, 1.82) is 0 Å². The molecule has 0 aromatic carbocycles. The first-order valence-corrected chi connectivity index (χ1v) is 10.4. The summed E-state index contributed by atoms with van der Waals surface area (Å²) in [7, 11) is 1.78. The van der Waals surface area contributed by atoms with Gasteiger partial charge in [-0.15, -0.1) is 0 Å². The van der Waals surface area contributed by atoms with Gasteiger partial charge < -0.3 is 24.6 Å². The van der Waals surface area contributed by atoms with E-state index >= 15 is 0 Å². The lowest BCUT2D eigenvalue weighted by Gasteiger charge is -2.43. The van der Waals surface area contributed by atoms with Gasteiger partial charge >= 0.3 is 0 Å². The molecule has 4 heterocycles. The molecule has 0 bridgehead atoms. The molecule has 4 atom stereocenters. The molecule has 2 aliphatic rings. The minimum Gasteiger partial charge on any atom is -0.391 e. The van der Waals surface area contributed by atoms with Gasteiger partial charge in [-0.25, -0.2) is 4.68 Å². The fourth-order valence-corrected chi connectivity index (χ4v) is 4.33. The molecule has 0 radical (unpaired) electrons. The Labute approximate surface area is 165 Å². The number of rotatable bonds is 4. The Hall–Kier alpha value is -1.90. The lowest BCUT2D eigenvalue weighted by Crippen LogP contribution is -2.60. The molecule has 2 aromatic heterocycles. The fraction of sp³-hybridized carbons (Fsp3) is 0.700. The number of nitrogens with zero attached hydrogens (tertiary/aromatic N) is 4. The predicted molar refractivity (Wildman–Crippen MR) is 109 cm³/mol. The molecule has 2 fully saturated rings. The lowest BCUT2D eigenvalue weighted by molar-refractivity contribution is -0.0390. The van der Waals surface area contributed by atoms with Crippen LogP contribution in [-0.4, -0.2) is 57.3 Å². The topological polar surface area (TPSA) is 84.6 Å². The largest absolute Gasteiger partial charge is 0.391 e. The van der Waals surface area contributed by atoms with Gasteiger partial charge in [0.2, 0.25) is 0 Å². The quantitative estimate of drug-likeness (QED) is 0.822. The maximum atomic E-state index is 12.7. The summed E-state index contributed by atoms with van der Waals surface area (Å²) in [6, 6.07) is 1.88. The Kier molecular flexibility index (Phi) is 5.44. The molecule has 2 aromatic rings. The van der Waals surface area contributed by atoms with E-state index in [-0.39, 0.29) is 17.8 Å². The van der Waals surface area contributed by atoms with E-state index in [1.54, 1.807) is 24.6 Å². The summed E-state index contributed by atoms with van der Waals surface area (Å²) < 4.78 is 9.40. The molecule has 28 heavy (non-hydrogen) atoms. The van der Waals surface area contributed by atoms with Crippen LogP contribution in [0.4, 0.5) is 5.69 Å². The van der Waals surface area contributed by atoms with Crippen LogP contribution in [0.15, 0.2) is 17.1 Å². The Morgan fingerprint density at radius 2 is 2.25 bits per heavy atom. The zero-order valence-corrected chi connectivity index (χ0v) is 17.0. The van der Waals surface area contributed by atoms with Crippen molar-refractivity contribution in [3.8, 4) is 0 Å². The molecule has 0 amide bonds. The highest BCUT2D eigenvalue weighted by molar-refractivity contribution is 5.88. The van der Waals surface area contributed by atoms with Gasteiger partial charge in [0, 0.05) is 38.9 Å². The van der Waals surface area contributed by atoms with Crippen LogP contribution in [0.5, 0.6) is 0 Å². The summed E-state index contributed by atoms with van der Waals surface area (Å²) in [6.45, 7) is 6.11. The van der Waals surface area contributed by atoms with Gasteiger partial charge in [0.15, 0.2) is 0 Å². The van der Waals surface area contributed by atoms with Gasteiger partial charge in [0.25, 0.3) is 5.56 Å². The van der Waals surface area contributed by atoms with Crippen LogP contribution in [0.1, 0.15) is 45.8 Å². The molecule has 8 nitrogen and oxygen atoms in total. The minimum absolute atomic E-state index is 0.0671. The minimum atomic E-state index is -0.520. The number of hydrogen-bond acceptors (Lipinski definition) is 6. The van der Waals surface area contributed by atoms with Crippen LogP contribution in [0.25, 0.3) is 11.0 Å². The standard InChI is InChI=1S/C20H31N5O3/c1-4-14-11-24(16(10-21-14)13(2)26)15-9-18(27)23(3)17-12-25(22-20(15)17)19-7-5-6-8-28-19/h9,12-14,16,19,21,26H,4-8,10-11H2,1-3H3/t13-,14-,16-,19?/m1/s1. The van der Waals surface area contributed by atoms with Crippen molar-refractivity contribution in [2.24, 2.45) is 7.05 Å². The predicted octanol–water partition coefficient (Wildman–Crippen LogP) is 1.37. The Morgan fingerprint density at radius 3 is 2.93 bits per heavy atom. The summed E-state index contributed by atoms with van der Waals surface area (Å²) in [5.74, 6) is 0. The zero-order valence-electron chi connectivity index (χ0n) is 17.0. The SMILES string of the molecule is CC[C@@H]1CN(c2cc(=O)n(C)c3cn(C4CCCCO4)nc23)[C@@H]([C@@H](C)O)CN1. The van der Waals surface area contributed by atoms with Crippen molar-refractivity contribution in [1.82, 2.24) is 19.7 Å². The first kappa shape index (κ1) is 19.4. The lowest BCUT2D eigenvalue weighted by atomic mass is 10.0. The highest BCUT2D eigenvalue weighted by atomic mass is 16.5. The Balaban J connectivity index is 1.81. The molecular weight excluding hydrogens is 358 g/mol. The molecular formula is C20H31N5O3. The van der Waals surface area contributed by atoms with Gasteiger partial charge in [-0.05, 0) is 32.6 Å². The summed E-state index contributed by atoms with van der Waals surface area (Å²) in [5, 5.41) is 18.7. The average Bonchev–Trinajstić information content (AvgIpc) is 3.16. The molecule has 2 aliphatic heterocycles. The van der Waals surface area contributed by atoms with Gasteiger partial charge in [-0.3, -0.25) is 4.79 Å². The molecule has 2 saturated heterocycles. The number of hydrogen-bond donors (Lipinski definition) is 2. The molecule has 0 spiro atoms. The van der Waals surface area contributed by atoms with Crippen LogP contribution in [0, 0.1) is 0 Å². The number of aliphatic hydroxyl groups excluding tert-OH is 1. The van der Waals surface area contributed by atoms with Crippen LogP contribution in [-0.2, 0) is 11.8 Å². The Morgan fingerprint density at radius 1 is 1.43 bits per heavy atom. The summed E-state index contributed by atoms with van der Waals surface area (Å²) >= 11 is 0. The van der Waals surface area contributed by atoms with Gasteiger partial charge in [0.1, 0.15) is 11.7 Å². The number of piperazine rings is 1. The average molecular weight is 390 g/mol. The molecule has 0 aliphatic carbocycles. The highest BCUT2D eigenvalue weighted by Gasteiger charge is 2.32. The van der Waals surface area contributed by atoms with Crippen molar-refractivity contribution >= 4 is 16.7 Å². The number of aryl methyl sites for hydroxylation is 1. The van der Waals surface area contributed by atoms with E-state index in [9.17, 15) is 9.90 Å². The molecule has 0 saturated carbocycles. The third-order valence-corrected chi connectivity index (χ3v) is 6.15. The number of pyridine rings is 1. The van der Waals surface area contributed by atoms with E-state index in [2.05, 4.69) is 17.1 Å². The Bertz CT molecular complexity index is 884. The highest BCUT2D eigenvalue weighted by Crippen LogP contribution is 2.30. The second-order valence-electron chi connectivity index (χ2n) is 8.06. The first-order chi connectivity index (χ1) is 13.5. The van der Waals surface area contributed by atoms with Crippen molar-refractivity contribution in [2.75, 3.05) is 24.6 Å². The van der Waals surface area contributed by atoms with E-state index in [4.69, 9.17) is 9.84 Å². The summed E-state index contributed by atoms with van der Waals surface area (Å²) in [5.41, 5.74) is 2.33. The van der Waals surface area contributed by atoms with Crippen molar-refractivity contribution in [2.45, 2.75) is 63.9 Å². The maximum absolute atomic E-state index is 12.7. The van der Waals surface area contributed by atoms with Gasteiger partial charge in [-0.1, -0.05) is 6.92 Å². The number of anilines is 1. The maximum Gasteiger partial charge on any atom is 0.252 e. The number of aromatic nitrogens is 3. The van der Waals surface area contributed by atoms with E-state index in [0.29, 0.717) is 12.6 Å². The zero-order chi connectivity index (χ0) is 19.8. The molecule has 1 unspecified atom stereocenters. The second-order valence-corrected chi connectivity index (χ2v) is 8.06. The normalized spacial score (nSPS) is 27.3. The second kappa shape index (κ2) is 7.85. The van der Waals surface area contributed by atoms with Crippen LogP contribution in [0.2, 0.25) is 0 Å². The number of ether oxygens (including phenoxy) is 1. The summed E-state index contributed by atoms with van der Waals surface area (Å²) in [4.78, 5) is 14.9. The smallest absolute Gasteiger partial charge is 0.252 e. The van der Waals surface area contributed by atoms with E-state index in [0.717, 1.165) is 55.6 Å². The third kappa shape index (κ3) is 3.44. The molecule has 154 valence electrons. The fourth-order valence-electron chi connectivity index (χ4n) is 4.33. The third-order valence-electron chi connectivity index (χ3n) is 6.15. The van der Waals surface area contributed by atoms with Crippen molar-refractivity contribution in [3.63, 3.8) is 0 Å². The van der Waals surface area contributed by atoms with E-state index in [1.807, 2.05) is 10.9 Å². The number of fused-ring (bicyclic) bond motifs is 1. The van der Waals surface area contributed by atoms with E-state index < -0.39 is 6.10 Å². The molecule has 8 heteroatoms. The van der Waals surface area contributed by atoms with Crippen molar-refractivity contribution < 1.29 is 9.84 Å². The summed E-state index contributed by atoms with van der Waals surface area (Å²) in [6.07, 6.45) is 5.44. The van der Waals surface area contributed by atoms with E-state index in [1.165, 1.54) is 0 Å². The van der Waals surface area contributed by atoms with Crippen LogP contribution in [0.3, 0.4) is 0 Å². The molecule has 2 N–H and O–H groups in total. The van der Waals surface area contributed by atoms with Crippen molar-refractivity contribution in [3.05, 3.63) is 22.6 Å². The van der Waals surface area contributed by atoms with Gasteiger partial charge in [-0.2, -0.15) is 5.10 Å². The number of aliphatic hydroxyl groups is 1.